The van der Waals surface area contributed by atoms with Crippen LogP contribution in [0.25, 0.3) is 0 Å². The molecule has 0 bridgehead atoms. The van der Waals surface area contributed by atoms with E-state index < -0.39 is 0 Å². The molecule has 5 nitrogen and oxygen atoms in total. The molecule has 0 spiro atoms. The van der Waals surface area contributed by atoms with E-state index in [-0.39, 0.29) is 5.91 Å². The average molecular weight is 324 g/mol. The van der Waals surface area contributed by atoms with Crippen LogP contribution in [0.3, 0.4) is 0 Å². The smallest absolute Gasteiger partial charge is 0.253 e. The quantitative estimate of drug-likeness (QED) is 0.867. The molecule has 2 aromatic rings. The van der Waals surface area contributed by atoms with E-state index in [1.807, 2.05) is 23.1 Å². The molecule has 24 heavy (non-hydrogen) atoms. The number of anilines is 1. The van der Waals surface area contributed by atoms with Crippen LogP contribution in [0.15, 0.2) is 42.7 Å². The van der Waals surface area contributed by atoms with Crippen LogP contribution in [0.4, 0.5) is 5.95 Å². The monoisotopic (exact) mass is 324 g/mol. The number of aromatic nitrogens is 2. The number of carbonyl (C=O) groups is 1. The summed E-state index contributed by atoms with van der Waals surface area (Å²) in [5.74, 6) is 1.47. The third-order valence-corrected chi connectivity index (χ3v) is 4.25. The lowest BCUT2D eigenvalue weighted by atomic mass is 10.0. The van der Waals surface area contributed by atoms with Crippen LogP contribution in [0, 0.1) is 5.92 Å². The minimum absolute atomic E-state index is 0.111. The molecule has 1 amide bonds. The van der Waals surface area contributed by atoms with Crippen molar-refractivity contribution in [1.82, 2.24) is 14.9 Å². The molecule has 5 heteroatoms. The SMILES string of the molecule is CC(C)Cc1ccc(C(=O)N2CCN(c3ncccn3)CC2)cc1. The molecule has 3 rings (SSSR count). The fraction of sp³-hybridized carbons (Fsp3) is 0.421. The van der Waals surface area contributed by atoms with Crippen molar-refractivity contribution < 1.29 is 4.79 Å². The van der Waals surface area contributed by atoms with Gasteiger partial charge in [-0.1, -0.05) is 26.0 Å². The molecule has 0 saturated carbocycles. The van der Waals surface area contributed by atoms with Gasteiger partial charge < -0.3 is 9.80 Å². The Balaban J connectivity index is 1.59. The van der Waals surface area contributed by atoms with Crippen molar-refractivity contribution in [2.75, 3.05) is 31.1 Å². The molecule has 1 saturated heterocycles. The number of hydrogen-bond donors (Lipinski definition) is 0. The minimum atomic E-state index is 0.111. The predicted octanol–water partition coefficient (Wildman–Crippen LogP) is 2.64. The molecule has 1 aliphatic heterocycles. The van der Waals surface area contributed by atoms with Crippen LogP contribution in [0.1, 0.15) is 29.8 Å². The lowest BCUT2D eigenvalue weighted by Crippen LogP contribution is -2.49. The van der Waals surface area contributed by atoms with Crippen molar-refractivity contribution in [3.05, 3.63) is 53.9 Å². The van der Waals surface area contributed by atoms with Crippen molar-refractivity contribution in [3.63, 3.8) is 0 Å². The summed E-state index contributed by atoms with van der Waals surface area (Å²) in [6.45, 7) is 7.34. The van der Waals surface area contributed by atoms with Crippen LogP contribution in [0.2, 0.25) is 0 Å². The molecule has 1 aromatic heterocycles. The van der Waals surface area contributed by atoms with E-state index in [4.69, 9.17) is 0 Å². The second-order valence-electron chi connectivity index (χ2n) is 6.62. The Bertz CT molecular complexity index is 662. The van der Waals surface area contributed by atoms with E-state index in [1.54, 1.807) is 12.4 Å². The van der Waals surface area contributed by atoms with Crippen molar-refractivity contribution in [1.29, 1.82) is 0 Å². The standard InChI is InChI=1S/C19H24N4O/c1-15(2)14-16-4-6-17(7-5-16)18(24)22-10-12-23(13-11-22)19-20-8-3-9-21-19/h3-9,15H,10-14H2,1-2H3. The molecule has 0 atom stereocenters. The minimum Gasteiger partial charge on any atom is -0.337 e. The average Bonchev–Trinajstić information content (AvgIpc) is 2.62. The topological polar surface area (TPSA) is 49.3 Å². The molecule has 0 radical (unpaired) electrons. The summed E-state index contributed by atoms with van der Waals surface area (Å²) >= 11 is 0. The van der Waals surface area contributed by atoms with E-state index in [2.05, 4.69) is 40.8 Å². The fourth-order valence-electron chi connectivity index (χ4n) is 3.00. The Labute approximate surface area is 143 Å². The van der Waals surface area contributed by atoms with Gasteiger partial charge in [-0.15, -0.1) is 0 Å². The summed E-state index contributed by atoms with van der Waals surface area (Å²) in [5.41, 5.74) is 2.06. The zero-order valence-electron chi connectivity index (χ0n) is 14.4. The first kappa shape index (κ1) is 16.4. The maximum absolute atomic E-state index is 12.7. The van der Waals surface area contributed by atoms with E-state index in [9.17, 15) is 4.79 Å². The van der Waals surface area contributed by atoms with Gasteiger partial charge in [0.1, 0.15) is 0 Å². The van der Waals surface area contributed by atoms with E-state index in [0.29, 0.717) is 19.0 Å². The molecular formula is C19H24N4O. The van der Waals surface area contributed by atoms with Gasteiger partial charge in [-0.3, -0.25) is 4.79 Å². The molecule has 0 aliphatic carbocycles. The summed E-state index contributed by atoms with van der Waals surface area (Å²) in [6.07, 6.45) is 4.54. The van der Waals surface area contributed by atoms with E-state index in [1.165, 1.54) is 5.56 Å². The number of nitrogens with zero attached hydrogens (tertiary/aromatic N) is 4. The number of hydrogen-bond acceptors (Lipinski definition) is 4. The Hall–Kier alpha value is -2.43. The molecular weight excluding hydrogens is 300 g/mol. The highest BCUT2D eigenvalue weighted by atomic mass is 16.2. The summed E-state index contributed by atoms with van der Waals surface area (Å²) in [4.78, 5) is 25.2. The van der Waals surface area contributed by atoms with Gasteiger partial charge in [0.25, 0.3) is 5.91 Å². The maximum atomic E-state index is 12.7. The highest BCUT2D eigenvalue weighted by Gasteiger charge is 2.23. The predicted molar refractivity (Wildman–Crippen MR) is 95.1 cm³/mol. The van der Waals surface area contributed by atoms with Gasteiger partial charge in [-0.05, 0) is 36.1 Å². The maximum Gasteiger partial charge on any atom is 0.253 e. The Morgan fingerprint density at radius 3 is 2.25 bits per heavy atom. The zero-order chi connectivity index (χ0) is 16.9. The van der Waals surface area contributed by atoms with Crippen LogP contribution < -0.4 is 4.90 Å². The van der Waals surface area contributed by atoms with Crippen molar-refractivity contribution in [2.45, 2.75) is 20.3 Å². The van der Waals surface area contributed by atoms with Crippen LogP contribution in [-0.2, 0) is 6.42 Å². The van der Waals surface area contributed by atoms with Gasteiger partial charge in [0.05, 0.1) is 0 Å². The number of carbonyl (C=O) groups excluding carboxylic acids is 1. The zero-order valence-corrected chi connectivity index (χ0v) is 14.4. The molecule has 1 aliphatic rings. The van der Waals surface area contributed by atoms with Crippen LogP contribution in [0.5, 0.6) is 0 Å². The van der Waals surface area contributed by atoms with Gasteiger partial charge in [-0.25, -0.2) is 9.97 Å². The number of amides is 1. The van der Waals surface area contributed by atoms with Crippen molar-refractivity contribution >= 4 is 11.9 Å². The van der Waals surface area contributed by atoms with Crippen molar-refractivity contribution in [3.8, 4) is 0 Å². The van der Waals surface area contributed by atoms with Gasteiger partial charge in [0.2, 0.25) is 5.95 Å². The first-order chi connectivity index (χ1) is 11.6. The summed E-state index contributed by atoms with van der Waals surface area (Å²) in [5, 5.41) is 0. The van der Waals surface area contributed by atoms with Crippen molar-refractivity contribution in [2.24, 2.45) is 5.92 Å². The first-order valence-electron chi connectivity index (χ1n) is 8.53. The highest BCUT2D eigenvalue weighted by molar-refractivity contribution is 5.94. The van der Waals surface area contributed by atoms with Gasteiger partial charge >= 0.3 is 0 Å². The highest BCUT2D eigenvalue weighted by Crippen LogP contribution is 2.14. The lowest BCUT2D eigenvalue weighted by Gasteiger charge is -2.34. The fourth-order valence-corrected chi connectivity index (χ4v) is 3.00. The Kier molecular flexibility index (Phi) is 5.08. The summed E-state index contributed by atoms with van der Waals surface area (Å²) < 4.78 is 0. The number of benzene rings is 1. The Morgan fingerprint density at radius 1 is 1.04 bits per heavy atom. The molecule has 2 heterocycles. The lowest BCUT2D eigenvalue weighted by molar-refractivity contribution is 0.0746. The second kappa shape index (κ2) is 7.43. The summed E-state index contributed by atoms with van der Waals surface area (Å²) in [6, 6.07) is 9.86. The number of rotatable bonds is 4. The molecule has 126 valence electrons. The third-order valence-electron chi connectivity index (χ3n) is 4.25. The molecule has 0 N–H and O–H groups in total. The first-order valence-corrected chi connectivity index (χ1v) is 8.53. The molecule has 0 unspecified atom stereocenters. The van der Waals surface area contributed by atoms with Crippen LogP contribution >= 0.6 is 0 Å². The van der Waals surface area contributed by atoms with E-state index >= 15 is 0 Å². The molecule has 1 fully saturated rings. The van der Waals surface area contributed by atoms with Gasteiger partial charge in [0.15, 0.2) is 0 Å². The number of piperazine rings is 1. The summed E-state index contributed by atoms with van der Waals surface area (Å²) in [7, 11) is 0. The molecule has 1 aromatic carbocycles. The van der Waals surface area contributed by atoms with Gasteiger partial charge in [-0.2, -0.15) is 0 Å². The van der Waals surface area contributed by atoms with Gasteiger partial charge in [0, 0.05) is 44.1 Å². The second-order valence-corrected chi connectivity index (χ2v) is 6.62. The van der Waals surface area contributed by atoms with E-state index in [0.717, 1.165) is 31.0 Å². The third kappa shape index (κ3) is 3.91. The Morgan fingerprint density at radius 2 is 1.67 bits per heavy atom. The normalized spacial score (nSPS) is 15.0. The van der Waals surface area contributed by atoms with Crippen LogP contribution in [-0.4, -0.2) is 47.0 Å². The largest absolute Gasteiger partial charge is 0.337 e.